The zero-order chi connectivity index (χ0) is 16.3. The molecule has 5 nitrogen and oxygen atoms in total. The SMILES string of the molecule is CC(C)(C)OC(=O)N[C@@H]1C=C(c2ccc(Cl)nc2)C(=O)CC1. The number of halogens is 1. The molecule has 0 aliphatic heterocycles. The zero-order valence-electron chi connectivity index (χ0n) is 12.9. The van der Waals surface area contributed by atoms with Crippen LogP contribution in [0, 0.1) is 0 Å². The Kier molecular flexibility index (Phi) is 4.86. The summed E-state index contributed by atoms with van der Waals surface area (Å²) in [5.41, 5.74) is 0.697. The van der Waals surface area contributed by atoms with Crippen LogP contribution in [-0.2, 0) is 9.53 Å². The number of hydrogen-bond acceptors (Lipinski definition) is 4. The first-order valence-electron chi connectivity index (χ1n) is 7.11. The van der Waals surface area contributed by atoms with Crippen LogP contribution in [0.15, 0.2) is 24.4 Å². The predicted molar refractivity (Wildman–Crippen MR) is 84.6 cm³/mol. The van der Waals surface area contributed by atoms with Crippen LogP contribution in [0.1, 0.15) is 39.2 Å². The van der Waals surface area contributed by atoms with Crippen LogP contribution in [-0.4, -0.2) is 28.5 Å². The molecule has 1 aliphatic carbocycles. The predicted octanol–water partition coefficient (Wildman–Crippen LogP) is 3.37. The summed E-state index contributed by atoms with van der Waals surface area (Å²) in [5, 5.41) is 3.14. The van der Waals surface area contributed by atoms with Gasteiger partial charge >= 0.3 is 6.09 Å². The van der Waals surface area contributed by atoms with Crippen LogP contribution in [0.25, 0.3) is 5.57 Å². The summed E-state index contributed by atoms with van der Waals surface area (Å²) in [6, 6.07) is 3.14. The van der Waals surface area contributed by atoms with Gasteiger partial charge in [-0.25, -0.2) is 9.78 Å². The Morgan fingerprint density at radius 3 is 2.73 bits per heavy atom. The maximum atomic E-state index is 12.1. The van der Waals surface area contributed by atoms with Gasteiger partial charge in [-0.2, -0.15) is 0 Å². The van der Waals surface area contributed by atoms with Gasteiger partial charge < -0.3 is 10.1 Å². The fraction of sp³-hybridized carbons (Fsp3) is 0.438. The smallest absolute Gasteiger partial charge is 0.408 e. The Labute approximate surface area is 134 Å². The summed E-state index contributed by atoms with van der Waals surface area (Å²) in [6.07, 6.45) is 3.75. The van der Waals surface area contributed by atoms with Crippen molar-refractivity contribution < 1.29 is 14.3 Å². The molecule has 1 aromatic rings. The van der Waals surface area contributed by atoms with Crippen LogP contribution in [0.3, 0.4) is 0 Å². The topological polar surface area (TPSA) is 68.3 Å². The van der Waals surface area contributed by atoms with E-state index < -0.39 is 11.7 Å². The molecule has 0 radical (unpaired) electrons. The van der Waals surface area contributed by atoms with E-state index in [0.29, 0.717) is 29.1 Å². The Morgan fingerprint density at radius 2 is 2.14 bits per heavy atom. The lowest BCUT2D eigenvalue weighted by Gasteiger charge is -2.24. The molecule has 1 atom stereocenters. The number of alkyl carbamates (subject to hydrolysis) is 1. The van der Waals surface area contributed by atoms with Crippen LogP contribution < -0.4 is 5.32 Å². The number of rotatable bonds is 2. The molecule has 1 amide bonds. The van der Waals surface area contributed by atoms with Gasteiger partial charge in [0.1, 0.15) is 10.8 Å². The molecule has 1 aliphatic rings. The highest BCUT2D eigenvalue weighted by Crippen LogP contribution is 2.24. The Bertz CT molecular complexity index is 603. The third kappa shape index (κ3) is 4.56. The van der Waals surface area contributed by atoms with Gasteiger partial charge in [0.15, 0.2) is 5.78 Å². The number of hydrogen-bond donors (Lipinski definition) is 1. The van der Waals surface area contributed by atoms with E-state index in [-0.39, 0.29) is 11.8 Å². The third-order valence-electron chi connectivity index (χ3n) is 3.09. The van der Waals surface area contributed by atoms with Crippen molar-refractivity contribution in [2.75, 3.05) is 0 Å². The molecule has 0 aromatic carbocycles. The molecule has 1 aromatic heterocycles. The molecular formula is C16H19ClN2O3. The summed E-state index contributed by atoms with van der Waals surface area (Å²) >= 11 is 5.76. The minimum atomic E-state index is -0.554. The second-order valence-electron chi connectivity index (χ2n) is 6.16. The standard InChI is InChI=1S/C16H19ClN2O3/c1-16(2,3)22-15(21)19-11-5-6-13(20)12(8-11)10-4-7-14(17)18-9-10/h4,7-9,11H,5-6H2,1-3H3,(H,19,21)/t11-/m0/s1. The highest BCUT2D eigenvalue weighted by molar-refractivity contribution is 6.29. The van der Waals surface area contributed by atoms with Crippen LogP contribution in [0.4, 0.5) is 4.79 Å². The van der Waals surface area contributed by atoms with Crippen LogP contribution in [0.5, 0.6) is 0 Å². The molecule has 0 saturated heterocycles. The van der Waals surface area contributed by atoms with E-state index in [1.54, 1.807) is 45.2 Å². The van der Waals surface area contributed by atoms with E-state index in [0.717, 1.165) is 0 Å². The molecule has 22 heavy (non-hydrogen) atoms. The molecule has 6 heteroatoms. The average Bonchev–Trinajstić information content (AvgIpc) is 2.40. The van der Waals surface area contributed by atoms with Crippen molar-refractivity contribution in [3.8, 4) is 0 Å². The molecule has 0 spiro atoms. The maximum absolute atomic E-state index is 12.1. The molecule has 118 valence electrons. The number of amides is 1. The first-order chi connectivity index (χ1) is 10.2. The van der Waals surface area contributed by atoms with Crippen molar-refractivity contribution in [2.24, 2.45) is 0 Å². The molecule has 1 N–H and O–H groups in total. The zero-order valence-corrected chi connectivity index (χ0v) is 13.6. The monoisotopic (exact) mass is 322 g/mol. The number of nitrogens with zero attached hydrogens (tertiary/aromatic N) is 1. The number of pyridine rings is 1. The van der Waals surface area contributed by atoms with Gasteiger partial charge in [-0.3, -0.25) is 4.79 Å². The van der Waals surface area contributed by atoms with Crippen molar-refractivity contribution in [2.45, 2.75) is 45.3 Å². The second-order valence-corrected chi connectivity index (χ2v) is 6.55. The second kappa shape index (κ2) is 6.48. The number of Topliss-reactive ketones (excluding diaryl/α,β-unsaturated/α-hetero) is 1. The lowest BCUT2D eigenvalue weighted by Crippen LogP contribution is -2.39. The average molecular weight is 323 g/mol. The van der Waals surface area contributed by atoms with E-state index in [9.17, 15) is 9.59 Å². The number of allylic oxidation sites excluding steroid dienone is 1. The summed E-state index contributed by atoms with van der Waals surface area (Å²) < 4.78 is 5.23. The molecular weight excluding hydrogens is 304 g/mol. The number of ketones is 1. The van der Waals surface area contributed by atoms with Crippen molar-refractivity contribution in [3.63, 3.8) is 0 Å². The molecule has 0 bridgehead atoms. The van der Waals surface area contributed by atoms with Gasteiger partial charge in [-0.15, -0.1) is 0 Å². The molecule has 0 saturated carbocycles. The van der Waals surface area contributed by atoms with E-state index in [4.69, 9.17) is 16.3 Å². The van der Waals surface area contributed by atoms with Crippen molar-refractivity contribution >= 4 is 29.1 Å². The first kappa shape index (κ1) is 16.5. The summed E-state index contributed by atoms with van der Waals surface area (Å²) in [7, 11) is 0. The van der Waals surface area contributed by atoms with Crippen LogP contribution >= 0.6 is 11.6 Å². The van der Waals surface area contributed by atoms with E-state index in [1.165, 1.54) is 0 Å². The fourth-order valence-electron chi connectivity index (χ4n) is 2.16. The van der Waals surface area contributed by atoms with Crippen molar-refractivity contribution in [1.29, 1.82) is 0 Å². The fourth-order valence-corrected chi connectivity index (χ4v) is 2.28. The highest BCUT2D eigenvalue weighted by atomic mass is 35.5. The summed E-state index contributed by atoms with van der Waals surface area (Å²) in [5.74, 6) is 0.0337. The van der Waals surface area contributed by atoms with Gasteiger partial charge in [-0.1, -0.05) is 17.7 Å². The molecule has 0 unspecified atom stereocenters. The Hall–Kier alpha value is -1.88. The Balaban J connectivity index is 2.13. The number of aromatic nitrogens is 1. The summed E-state index contributed by atoms with van der Waals surface area (Å²) in [4.78, 5) is 27.9. The van der Waals surface area contributed by atoms with Gasteiger partial charge in [0, 0.05) is 23.8 Å². The molecule has 1 heterocycles. The highest BCUT2D eigenvalue weighted by Gasteiger charge is 2.24. The van der Waals surface area contributed by atoms with E-state index in [2.05, 4.69) is 10.3 Å². The number of carbonyl (C=O) groups is 2. The van der Waals surface area contributed by atoms with Crippen molar-refractivity contribution in [3.05, 3.63) is 35.1 Å². The minimum absolute atomic E-state index is 0.0337. The van der Waals surface area contributed by atoms with Crippen LogP contribution in [0.2, 0.25) is 5.15 Å². The third-order valence-corrected chi connectivity index (χ3v) is 3.31. The summed E-state index contributed by atoms with van der Waals surface area (Å²) in [6.45, 7) is 5.41. The largest absolute Gasteiger partial charge is 0.444 e. The number of ether oxygens (including phenoxy) is 1. The quantitative estimate of drug-likeness (QED) is 0.848. The Morgan fingerprint density at radius 1 is 1.41 bits per heavy atom. The molecule has 2 rings (SSSR count). The normalized spacial score (nSPS) is 18.6. The minimum Gasteiger partial charge on any atom is -0.444 e. The van der Waals surface area contributed by atoms with E-state index in [1.807, 2.05) is 0 Å². The van der Waals surface area contributed by atoms with Gasteiger partial charge in [0.2, 0.25) is 0 Å². The van der Waals surface area contributed by atoms with Gasteiger partial charge in [0.25, 0.3) is 0 Å². The molecule has 0 fully saturated rings. The first-order valence-corrected chi connectivity index (χ1v) is 7.49. The maximum Gasteiger partial charge on any atom is 0.408 e. The van der Waals surface area contributed by atoms with Gasteiger partial charge in [0.05, 0.1) is 6.04 Å². The lowest BCUT2D eigenvalue weighted by molar-refractivity contribution is -0.114. The lowest BCUT2D eigenvalue weighted by atomic mass is 9.90. The van der Waals surface area contributed by atoms with Crippen molar-refractivity contribution in [1.82, 2.24) is 10.3 Å². The number of carbonyl (C=O) groups excluding carboxylic acids is 2. The van der Waals surface area contributed by atoms with Gasteiger partial charge in [-0.05, 0) is 39.3 Å². The van der Waals surface area contributed by atoms with E-state index >= 15 is 0 Å². The number of nitrogens with one attached hydrogen (secondary N) is 1.